The molecule has 0 amide bonds. The summed E-state index contributed by atoms with van der Waals surface area (Å²) in [5, 5.41) is 3.36. The molecule has 0 aromatic heterocycles. The molecule has 0 aromatic carbocycles. The summed E-state index contributed by atoms with van der Waals surface area (Å²) in [6.45, 7) is 3.31. The van der Waals surface area contributed by atoms with Crippen molar-refractivity contribution in [2.45, 2.75) is 13.3 Å². The van der Waals surface area contributed by atoms with Crippen molar-refractivity contribution in [2.24, 2.45) is 5.92 Å². The highest BCUT2D eigenvalue weighted by Gasteiger charge is 2.10. The second-order valence-corrected chi connectivity index (χ2v) is 3.19. The minimum absolute atomic E-state index is 0.586. The Kier molecular flexibility index (Phi) is 1.57. The Balaban J connectivity index is 2.30. The second kappa shape index (κ2) is 2.57. The molecule has 1 atom stereocenters. The highest BCUT2D eigenvalue weighted by molar-refractivity contribution is 5.38. The van der Waals surface area contributed by atoms with E-state index < -0.39 is 0 Å². The van der Waals surface area contributed by atoms with Gasteiger partial charge in [-0.25, -0.2) is 0 Å². The topological polar surface area (TPSA) is 12.0 Å². The predicted molar refractivity (Wildman–Crippen MR) is 47.1 cm³/mol. The van der Waals surface area contributed by atoms with Crippen LogP contribution in [0.4, 0.5) is 0 Å². The van der Waals surface area contributed by atoms with Crippen molar-refractivity contribution in [2.75, 3.05) is 6.54 Å². The molecule has 11 heavy (non-hydrogen) atoms. The van der Waals surface area contributed by atoms with E-state index in [4.69, 9.17) is 0 Å². The zero-order chi connectivity index (χ0) is 7.68. The first-order valence-electron chi connectivity index (χ1n) is 4.20. The molecule has 0 radical (unpaired) electrons. The predicted octanol–water partition coefficient (Wildman–Crippen LogP) is 2.00. The fraction of sp³-hybridized carbons (Fsp3) is 0.400. The Labute approximate surface area is 67.5 Å². The SMILES string of the molecule is CC1C=CC2=C(C=C1)NCC2. The molecule has 58 valence electrons. The molecule has 1 heterocycles. The Morgan fingerprint density at radius 1 is 1.36 bits per heavy atom. The first kappa shape index (κ1) is 6.71. The van der Waals surface area contributed by atoms with Gasteiger partial charge in [-0.05, 0) is 24.0 Å². The van der Waals surface area contributed by atoms with E-state index in [0.717, 1.165) is 6.54 Å². The van der Waals surface area contributed by atoms with Gasteiger partial charge in [-0.3, -0.25) is 0 Å². The van der Waals surface area contributed by atoms with E-state index in [1.54, 1.807) is 0 Å². The van der Waals surface area contributed by atoms with Crippen LogP contribution in [0.1, 0.15) is 13.3 Å². The van der Waals surface area contributed by atoms with Gasteiger partial charge >= 0.3 is 0 Å². The third-order valence-electron chi connectivity index (χ3n) is 2.22. The molecule has 0 spiro atoms. The molecule has 2 aliphatic rings. The van der Waals surface area contributed by atoms with Gasteiger partial charge in [-0.2, -0.15) is 0 Å². The van der Waals surface area contributed by atoms with Crippen LogP contribution < -0.4 is 5.32 Å². The third-order valence-corrected chi connectivity index (χ3v) is 2.22. The molecule has 0 saturated heterocycles. The standard InChI is InChI=1S/C10H13N/c1-8-2-4-9-6-7-11-10(9)5-3-8/h2-5,8,11H,6-7H2,1H3. The van der Waals surface area contributed by atoms with Crippen LogP contribution in [0.2, 0.25) is 0 Å². The van der Waals surface area contributed by atoms with Crippen LogP contribution >= 0.6 is 0 Å². The van der Waals surface area contributed by atoms with Gasteiger partial charge in [0.15, 0.2) is 0 Å². The number of allylic oxidation sites excluding steroid dienone is 4. The number of nitrogens with one attached hydrogen (secondary N) is 1. The Hall–Kier alpha value is -0.980. The minimum Gasteiger partial charge on any atom is -0.384 e. The monoisotopic (exact) mass is 147 g/mol. The van der Waals surface area contributed by atoms with Crippen LogP contribution in [-0.4, -0.2) is 6.54 Å². The van der Waals surface area contributed by atoms with E-state index in [9.17, 15) is 0 Å². The Morgan fingerprint density at radius 2 is 2.18 bits per heavy atom. The van der Waals surface area contributed by atoms with Crippen molar-refractivity contribution in [3.05, 3.63) is 35.6 Å². The maximum atomic E-state index is 3.36. The van der Waals surface area contributed by atoms with Crippen LogP contribution in [-0.2, 0) is 0 Å². The Bertz CT molecular complexity index is 222. The molecule has 1 aliphatic heterocycles. The lowest BCUT2D eigenvalue weighted by Crippen LogP contribution is -2.04. The lowest BCUT2D eigenvalue weighted by Gasteiger charge is -1.96. The van der Waals surface area contributed by atoms with E-state index in [1.165, 1.54) is 17.7 Å². The van der Waals surface area contributed by atoms with Crippen LogP contribution in [0.3, 0.4) is 0 Å². The molecule has 0 bridgehead atoms. The maximum Gasteiger partial charge on any atom is 0.0370 e. The van der Waals surface area contributed by atoms with Gasteiger partial charge in [0, 0.05) is 12.2 Å². The Morgan fingerprint density at radius 3 is 3.09 bits per heavy atom. The molecular weight excluding hydrogens is 134 g/mol. The zero-order valence-electron chi connectivity index (χ0n) is 6.80. The van der Waals surface area contributed by atoms with Crippen molar-refractivity contribution in [1.29, 1.82) is 0 Å². The van der Waals surface area contributed by atoms with Crippen molar-refractivity contribution in [3.8, 4) is 0 Å². The molecule has 0 saturated carbocycles. The van der Waals surface area contributed by atoms with Gasteiger partial charge in [0.25, 0.3) is 0 Å². The van der Waals surface area contributed by atoms with Gasteiger partial charge in [0.1, 0.15) is 0 Å². The van der Waals surface area contributed by atoms with Gasteiger partial charge in [-0.1, -0.05) is 25.2 Å². The molecule has 0 aromatic rings. The highest BCUT2D eigenvalue weighted by atomic mass is 14.9. The molecule has 1 unspecified atom stereocenters. The minimum atomic E-state index is 0.586. The van der Waals surface area contributed by atoms with E-state index in [-0.39, 0.29) is 0 Å². The zero-order valence-corrected chi connectivity index (χ0v) is 6.80. The van der Waals surface area contributed by atoms with Crippen molar-refractivity contribution < 1.29 is 0 Å². The van der Waals surface area contributed by atoms with E-state index >= 15 is 0 Å². The van der Waals surface area contributed by atoms with Crippen molar-refractivity contribution in [3.63, 3.8) is 0 Å². The highest BCUT2D eigenvalue weighted by Crippen LogP contribution is 2.20. The van der Waals surface area contributed by atoms with E-state index in [0.29, 0.717) is 5.92 Å². The average Bonchev–Trinajstić information content (AvgIpc) is 2.38. The maximum absolute atomic E-state index is 3.36. The van der Waals surface area contributed by atoms with E-state index in [1.807, 2.05) is 0 Å². The van der Waals surface area contributed by atoms with Crippen LogP contribution in [0.15, 0.2) is 35.6 Å². The molecular formula is C10H13N. The lowest BCUT2D eigenvalue weighted by molar-refractivity contribution is 0.876. The third kappa shape index (κ3) is 1.23. The fourth-order valence-corrected chi connectivity index (χ4v) is 1.50. The fourth-order valence-electron chi connectivity index (χ4n) is 1.50. The number of hydrogen-bond acceptors (Lipinski definition) is 1. The summed E-state index contributed by atoms with van der Waals surface area (Å²) in [5.41, 5.74) is 2.79. The smallest absolute Gasteiger partial charge is 0.0370 e. The number of hydrogen-bond donors (Lipinski definition) is 1. The van der Waals surface area contributed by atoms with E-state index in [2.05, 4.69) is 36.5 Å². The number of rotatable bonds is 0. The van der Waals surface area contributed by atoms with Crippen LogP contribution in [0, 0.1) is 5.92 Å². The molecule has 1 aliphatic carbocycles. The van der Waals surface area contributed by atoms with Crippen molar-refractivity contribution in [1.82, 2.24) is 5.32 Å². The van der Waals surface area contributed by atoms with Gasteiger partial charge in [0.2, 0.25) is 0 Å². The van der Waals surface area contributed by atoms with Gasteiger partial charge in [0.05, 0.1) is 0 Å². The first-order valence-corrected chi connectivity index (χ1v) is 4.20. The van der Waals surface area contributed by atoms with Gasteiger partial charge in [-0.15, -0.1) is 0 Å². The van der Waals surface area contributed by atoms with Crippen LogP contribution in [0.5, 0.6) is 0 Å². The molecule has 1 nitrogen and oxygen atoms in total. The summed E-state index contributed by atoms with van der Waals surface area (Å²) in [6, 6.07) is 0. The summed E-state index contributed by atoms with van der Waals surface area (Å²) in [4.78, 5) is 0. The summed E-state index contributed by atoms with van der Waals surface area (Å²) < 4.78 is 0. The lowest BCUT2D eigenvalue weighted by atomic mass is 10.1. The largest absolute Gasteiger partial charge is 0.384 e. The normalized spacial score (nSPS) is 28.3. The van der Waals surface area contributed by atoms with Gasteiger partial charge < -0.3 is 5.32 Å². The van der Waals surface area contributed by atoms with Crippen molar-refractivity contribution >= 4 is 0 Å². The molecule has 1 heteroatoms. The molecule has 1 N–H and O–H groups in total. The summed E-state index contributed by atoms with van der Waals surface area (Å²) >= 11 is 0. The molecule has 2 rings (SSSR count). The second-order valence-electron chi connectivity index (χ2n) is 3.19. The summed E-state index contributed by atoms with van der Waals surface area (Å²) in [5.74, 6) is 0.586. The average molecular weight is 147 g/mol. The molecule has 0 fully saturated rings. The summed E-state index contributed by atoms with van der Waals surface area (Å²) in [6.07, 6.45) is 10.1. The van der Waals surface area contributed by atoms with Crippen LogP contribution in [0.25, 0.3) is 0 Å². The summed E-state index contributed by atoms with van der Waals surface area (Å²) in [7, 11) is 0. The first-order chi connectivity index (χ1) is 5.36. The quantitative estimate of drug-likeness (QED) is 0.552.